The molecule has 0 bridgehead atoms. The molecule has 0 aromatic carbocycles. The van der Waals surface area contributed by atoms with Crippen LogP contribution < -0.4 is 5.32 Å². The van der Waals surface area contributed by atoms with E-state index in [1.54, 1.807) is 6.08 Å². The predicted octanol–water partition coefficient (Wildman–Crippen LogP) is 4.47. The van der Waals surface area contributed by atoms with Crippen molar-refractivity contribution in [3.8, 4) is 0 Å². The number of amides is 1. The number of phosphoric ester groups is 1. The molecule has 1 aliphatic rings. The second-order valence-corrected chi connectivity index (χ2v) is 15.4. The summed E-state index contributed by atoms with van der Waals surface area (Å²) >= 11 is 0. The van der Waals surface area contributed by atoms with Gasteiger partial charge in [0.1, 0.15) is 36.6 Å². The van der Waals surface area contributed by atoms with Crippen LogP contribution in [0.3, 0.4) is 0 Å². The van der Waals surface area contributed by atoms with E-state index in [1.165, 1.54) is 70.3 Å². The summed E-state index contributed by atoms with van der Waals surface area (Å²) in [7, 11) is -5.13. The van der Waals surface area contributed by atoms with Gasteiger partial charge in [-0.05, 0) is 32.1 Å². The number of rotatable bonds is 30. The normalized spacial score (nSPS) is 25.6. The lowest BCUT2D eigenvalue weighted by Crippen LogP contribution is -2.64. The monoisotopic (exact) mass is 751 g/mol. The van der Waals surface area contributed by atoms with Crippen LogP contribution >= 0.6 is 7.82 Å². The van der Waals surface area contributed by atoms with Gasteiger partial charge in [0.05, 0.1) is 31.3 Å². The highest BCUT2D eigenvalue weighted by atomic mass is 31.2. The van der Waals surface area contributed by atoms with Crippen molar-refractivity contribution in [2.75, 3.05) is 6.61 Å². The molecule has 9 N–H and O–H groups in total. The van der Waals surface area contributed by atoms with Gasteiger partial charge in [-0.1, -0.05) is 128 Å². The number of hydrogen-bond acceptors (Lipinski definition) is 11. The average molecular weight is 752 g/mol. The Morgan fingerprint density at radius 3 is 1.67 bits per heavy atom. The molecule has 0 aromatic heterocycles. The summed E-state index contributed by atoms with van der Waals surface area (Å²) in [4.78, 5) is 23.2. The Bertz CT molecular complexity index is 985. The van der Waals surface area contributed by atoms with Crippen molar-refractivity contribution in [1.82, 2.24) is 5.32 Å². The first-order valence-electron chi connectivity index (χ1n) is 19.4. The van der Waals surface area contributed by atoms with E-state index in [4.69, 9.17) is 9.05 Å². The molecule has 300 valence electrons. The van der Waals surface area contributed by atoms with Gasteiger partial charge in [-0.15, -0.1) is 0 Å². The first-order chi connectivity index (χ1) is 24.3. The Kier molecular flexibility index (Phi) is 26.5. The van der Waals surface area contributed by atoms with Crippen molar-refractivity contribution in [1.29, 1.82) is 0 Å². The van der Waals surface area contributed by atoms with E-state index in [2.05, 4.69) is 19.2 Å². The molecule has 14 heteroatoms. The topological polar surface area (TPSA) is 226 Å². The number of aliphatic hydroxyl groups excluding tert-OH is 7. The number of allylic oxidation sites excluding steroid dienone is 2. The largest absolute Gasteiger partial charge is 0.472 e. The van der Waals surface area contributed by atoms with Crippen LogP contribution in [0.25, 0.3) is 0 Å². The Morgan fingerprint density at radius 1 is 0.686 bits per heavy atom. The number of nitrogens with one attached hydrogen (secondary N) is 1. The van der Waals surface area contributed by atoms with Gasteiger partial charge in [0.25, 0.3) is 0 Å². The van der Waals surface area contributed by atoms with Crippen LogP contribution in [0.1, 0.15) is 142 Å². The third kappa shape index (κ3) is 21.3. The van der Waals surface area contributed by atoms with Crippen LogP contribution in [0.15, 0.2) is 24.3 Å². The van der Waals surface area contributed by atoms with E-state index in [0.717, 1.165) is 44.9 Å². The van der Waals surface area contributed by atoms with Gasteiger partial charge in [0, 0.05) is 0 Å². The Morgan fingerprint density at radius 2 is 1.14 bits per heavy atom. The lowest BCUT2D eigenvalue weighted by molar-refractivity contribution is -0.220. The lowest BCUT2D eigenvalue weighted by atomic mass is 9.85. The quantitative estimate of drug-likeness (QED) is 0.0282. The fourth-order valence-electron chi connectivity index (χ4n) is 6.00. The van der Waals surface area contributed by atoms with Crippen molar-refractivity contribution < 1.29 is 59.0 Å². The van der Waals surface area contributed by atoms with E-state index in [0.29, 0.717) is 6.42 Å². The maximum Gasteiger partial charge on any atom is 0.472 e. The fraction of sp³-hybridized carbons (Fsp3) is 0.865. The standard InChI is InChI=1S/C37H70NO12P/c1-3-5-7-9-11-12-13-14-15-16-17-19-21-23-25-30(40)29(38-31(41)26-28(39)24-22-20-18-10-8-6-4-2)27-49-51(47,48)50-37-35(45)33(43)32(42)34(44)36(37)46/h20,22-23,25,28-30,32-37,39-40,42-46H,3-19,21,24,26-27H2,1-2H3,(H,38,41)(H,47,48)/b22-20-,25-23+. The number of phosphoric acid groups is 1. The number of carbonyl (C=O) groups excluding carboxylic acids is 1. The van der Waals surface area contributed by atoms with Gasteiger partial charge in [0.15, 0.2) is 0 Å². The zero-order valence-corrected chi connectivity index (χ0v) is 31.9. The third-order valence-electron chi connectivity index (χ3n) is 9.28. The van der Waals surface area contributed by atoms with E-state index >= 15 is 0 Å². The Labute approximate surface area is 305 Å². The molecule has 1 saturated carbocycles. The summed E-state index contributed by atoms with van der Waals surface area (Å²) in [6, 6.07) is -1.25. The number of hydrogen-bond donors (Lipinski definition) is 9. The minimum Gasteiger partial charge on any atom is -0.392 e. The van der Waals surface area contributed by atoms with Crippen LogP contribution in [0.4, 0.5) is 0 Å². The Hall–Kier alpha value is -1.22. The number of unbranched alkanes of at least 4 members (excludes halogenated alkanes) is 16. The van der Waals surface area contributed by atoms with Gasteiger partial charge in [-0.25, -0.2) is 4.57 Å². The maximum absolute atomic E-state index is 12.8. The zero-order valence-electron chi connectivity index (χ0n) is 31.0. The minimum atomic E-state index is -5.13. The summed E-state index contributed by atoms with van der Waals surface area (Å²) in [5, 5.41) is 73.8. The van der Waals surface area contributed by atoms with Crippen LogP contribution in [0, 0.1) is 0 Å². The van der Waals surface area contributed by atoms with E-state index in [1.807, 2.05) is 12.2 Å². The highest BCUT2D eigenvalue weighted by Gasteiger charge is 2.51. The zero-order chi connectivity index (χ0) is 38.1. The van der Waals surface area contributed by atoms with Crippen LogP contribution in [-0.2, 0) is 18.4 Å². The van der Waals surface area contributed by atoms with Crippen LogP contribution in [0.2, 0.25) is 0 Å². The predicted molar refractivity (Wildman–Crippen MR) is 197 cm³/mol. The molecule has 1 aliphatic carbocycles. The molecular formula is C37H70NO12P. The number of aliphatic hydroxyl groups is 7. The molecular weight excluding hydrogens is 681 g/mol. The number of carbonyl (C=O) groups is 1. The molecule has 8 atom stereocenters. The molecule has 8 unspecified atom stereocenters. The van der Waals surface area contributed by atoms with Crippen molar-refractivity contribution in [2.45, 2.75) is 197 Å². The lowest BCUT2D eigenvalue weighted by Gasteiger charge is -2.41. The van der Waals surface area contributed by atoms with Crippen molar-refractivity contribution in [3.63, 3.8) is 0 Å². The van der Waals surface area contributed by atoms with Gasteiger partial charge in [-0.2, -0.15) is 0 Å². The second kappa shape index (κ2) is 28.3. The molecule has 0 radical (unpaired) electrons. The molecule has 13 nitrogen and oxygen atoms in total. The molecule has 0 spiro atoms. The van der Waals surface area contributed by atoms with Crippen LogP contribution in [-0.4, -0.2) is 108 Å². The summed E-state index contributed by atoms with van der Waals surface area (Å²) < 4.78 is 22.7. The van der Waals surface area contributed by atoms with E-state index in [-0.39, 0.29) is 12.8 Å². The van der Waals surface area contributed by atoms with Gasteiger partial charge in [-0.3, -0.25) is 13.8 Å². The van der Waals surface area contributed by atoms with Crippen molar-refractivity contribution >= 4 is 13.7 Å². The SMILES string of the molecule is CCCCCC/C=C\CC(O)CC(=O)NC(COP(=O)(O)OC1C(O)C(O)C(O)C(O)C1O)C(O)/C=C/CCCCCCCCCCCCCC. The minimum absolute atomic E-state index is 0.252. The van der Waals surface area contributed by atoms with E-state index < -0.39 is 75.2 Å². The van der Waals surface area contributed by atoms with Gasteiger partial charge >= 0.3 is 7.82 Å². The molecule has 0 saturated heterocycles. The fourth-order valence-corrected chi connectivity index (χ4v) is 6.97. The van der Waals surface area contributed by atoms with Crippen molar-refractivity contribution in [2.24, 2.45) is 0 Å². The summed E-state index contributed by atoms with van der Waals surface area (Å²) in [6.45, 7) is 3.61. The molecule has 0 heterocycles. The molecule has 1 rings (SSSR count). The van der Waals surface area contributed by atoms with Gasteiger partial charge < -0.3 is 46.0 Å². The van der Waals surface area contributed by atoms with Gasteiger partial charge in [0.2, 0.25) is 5.91 Å². The van der Waals surface area contributed by atoms with Crippen molar-refractivity contribution in [3.05, 3.63) is 24.3 Å². The molecule has 1 amide bonds. The molecule has 0 aliphatic heterocycles. The summed E-state index contributed by atoms with van der Waals surface area (Å²) in [5.41, 5.74) is 0. The molecule has 0 aromatic rings. The first-order valence-corrected chi connectivity index (χ1v) is 20.9. The summed E-state index contributed by atoms with van der Waals surface area (Å²) in [6.07, 6.45) is 13.3. The highest BCUT2D eigenvalue weighted by molar-refractivity contribution is 7.47. The smallest absolute Gasteiger partial charge is 0.392 e. The average Bonchev–Trinajstić information content (AvgIpc) is 3.09. The molecule has 1 fully saturated rings. The second-order valence-electron chi connectivity index (χ2n) is 14.0. The van der Waals surface area contributed by atoms with E-state index in [9.17, 15) is 50.0 Å². The third-order valence-corrected chi connectivity index (χ3v) is 10.3. The highest BCUT2D eigenvalue weighted by Crippen LogP contribution is 2.47. The molecule has 51 heavy (non-hydrogen) atoms. The van der Waals surface area contributed by atoms with Crippen LogP contribution in [0.5, 0.6) is 0 Å². The summed E-state index contributed by atoms with van der Waals surface area (Å²) in [5.74, 6) is -0.632. The Balaban J connectivity index is 2.68. The maximum atomic E-state index is 12.8. The first kappa shape index (κ1) is 47.8.